The van der Waals surface area contributed by atoms with Crippen LogP contribution in [0.3, 0.4) is 0 Å². The zero-order valence-corrected chi connectivity index (χ0v) is 24.0. The Morgan fingerprint density at radius 1 is 1.23 bits per heavy atom. The summed E-state index contributed by atoms with van der Waals surface area (Å²) in [5.74, 6) is 0.00266. The Morgan fingerprint density at radius 2 is 2.00 bits per heavy atom. The minimum Gasteiger partial charge on any atom is -0.444 e. The summed E-state index contributed by atoms with van der Waals surface area (Å²) in [7, 11) is -2.20. The van der Waals surface area contributed by atoms with E-state index in [1.807, 2.05) is 44.2 Å². The van der Waals surface area contributed by atoms with Crippen molar-refractivity contribution >= 4 is 42.8 Å². The molecule has 212 valence electrons. The molecule has 1 saturated heterocycles. The molecule has 3 unspecified atom stereocenters. The molecule has 1 fully saturated rings. The molecule has 10 nitrogen and oxygen atoms in total. The molecule has 12 heteroatoms. The van der Waals surface area contributed by atoms with Gasteiger partial charge in [0.05, 0.1) is 40.5 Å². The van der Waals surface area contributed by atoms with E-state index in [1.165, 1.54) is 21.7 Å². The molecule has 3 atom stereocenters. The summed E-state index contributed by atoms with van der Waals surface area (Å²) in [6, 6.07) is 13.5. The zero-order chi connectivity index (χ0) is 28.0. The van der Waals surface area contributed by atoms with Gasteiger partial charge < -0.3 is 25.2 Å². The van der Waals surface area contributed by atoms with Gasteiger partial charge in [0.15, 0.2) is 5.13 Å². The number of fused-ring (bicyclic) bond motifs is 1. The summed E-state index contributed by atoms with van der Waals surface area (Å²) >= 11 is 1.37. The fourth-order valence-corrected chi connectivity index (χ4v) is 7.01. The highest BCUT2D eigenvalue weighted by Gasteiger charge is 2.32. The third-order valence-electron chi connectivity index (χ3n) is 6.40. The van der Waals surface area contributed by atoms with Gasteiger partial charge in [-0.25, -0.2) is 18.2 Å². The summed E-state index contributed by atoms with van der Waals surface area (Å²) in [6.45, 7) is 4.69. The number of carbonyl (C=O) groups excluding carboxylic acids is 1. The van der Waals surface area contributed by atoms with E-state index in [0.717, 1.165) is 10.3 Å². The van der Waals surface area contributed by atoms with Crippen molar-refractivity contribution in [1.82, 2.24) is 14.6 Å². The van der Waals surface area contributed by atoms with Crippen LogP contribution in [0.4, 0.5) is 9.93 Å². The van der Waals surface area contributed by atoms with E-state index in [-0.39, 0.29) is 30.0 Å². The maximum atomic E-state index is 13.8. The highest BCUT2D eigenvalue weighted by molar-refractivity contribution is 7.89. The number of aliphatic hydroxyl groups excluding tert-OH is 1. The van der Waals surface area contributed by atoms with Crippen molar-refractivity contribution in [3.63, 3.8) is 0 Å². The number of hydrogen-bond donors (Lipinski definition) is 3. The minimum absolute atomic E-state index is 0.00266. The summed E-state index contributed by atoms with van der Waals surface area (Å²) < 4.78 is 40.4. The third-order valence-corrected chi connectivity index (χ3v) is 9.26. The molecular formula is C27H36N4O6S2. The van der Waals surface area contributed by atoms with Crippen LogP contribution in [0.15, 0.2) is 53.4 Å². The van der Waals surface area contributed by atoms with E-state index in [4.69, 9.17) is 9.47 Å². The van der Waals surface area contributed by atoms with Gasteiger partial charge in [-0.1, -0.05) is 55.5 Å². The number of thiazole rings is 1. The van der Waals surface area contributed by atoms with Gasteiger partial charge in [-0.05, 0) is 36.1 Å². The Balaban J connectivity index is 1.56. The number of aliphatic hydroxyl groups is 1. The van der Waals surface area contributed by atoms with E-state index >= 15 is 0 Å². The second-order valence-corrected chi connectivity index (χ2v) is 13.0. The fourth-order valence-electron chi connectivity index (χ4n) is 4.43. The summed E-state index contributed by atoms with van der Waals surface area (Å²) in [5.41, 5.74) is 1.59. The van der Waals surface area contributed by atoms with E-state index in [9.17, 15) is 18.3 Å². The van der Waals surface area contributed by atoms with Crippen LogP contribution in [-0.2, 0) is 25.9 Å². The number of nitrogens with one attached hydrogen (secondary N) is 2. The first-order valence-electron chi connectivity index (χ1n) is 13.0. The van der Waals surface area contributed by atoms with Gasteiger partial charge in [-0.3, -0.25) is 0 Å². The largest absolute Gasteiger partial charge is 0.444 e. The van der Waals surface area contributed by atoms with Crippen molar-refractivity contribution in [2.75, 3.05) is 38.7 Å². The van der Waals surface area contributed by atoms with Crippen LogP contribution in [0.1, 0.15) is 25.8 Å². The van der Waals surface area contributed by atoms with Crippen LogP contribution < -0.4 is 10.6 Å². The number of benzene rings is 2. The van der Waals surface area contributed by atoms with Gasteiger partial charge in [0.2, 0.25) is 10.0 Å². The molecule has 0 bridgehead atoms. The van der Waals surface area contributed by atoms with E-state index in [1.54, 1.807) is 19.2 Å². The SMILES string of the molecule is CNc1nc2ccc(S(=O)(=O)N(CC(C)C)CC(O)C(Cc3ccccc3)NC(=O)OC3CCOC3)cc2s1. The van der Waals surface area contributed by atoms with Gasteiger partial charge in [-0.15, -0.1) is 0 Å². The summed E-state index contributed by atoms with van der Waals surface area (Å²) in [6.07, 6.45) is -1.30. The smallest absolute Gasteiger partial charge is 0.407 e. The van der Waals surface area contributed by atoms with E-state index in [2.05, 4.69) is 15.6 Å². The maximum Gasteiger partial charge on any atom is 0.407 e. The molecule has 3 N–H and O–H groups in total. The van der Waals surface area contributed by atoms with Crippen molar-refractivity contribution in [1.29, 1.82) is 0 Å². The predicted octanol–water partition coefficient (Wildman–Crippen LogP) is 3.47. The number of carbonyl (C=O) groups is 1. The lowest BCUT2D eigenvalue weighted by Gasteiger charge is -2.30. The van der Waals surface area contributed by atoms with E-state index in [0.29, 0.717) is 36.7 Å². The maximum absolute atomic E-state index is 13.8. The molecule has 0 aliphatic carbocycles. The van der Waals surface area contributed by atoms with Gasteiger partial charge >= 0.3 is 6.09 Å². The third kappa shape index (κ3) is 7.67. The Kier molecular flexibility index (Phi) is 9.78. The first-order chi connectivity index (χ1) is 18.7. The van der Waals surface area contributed by atoms with Crippen molar-refractivity contribution in [3.8, 4) is 0 Å². The molecule has 0 saturated carbocycles. The second kappa shape index (κ2) is 13.1. The van der Waals surface area contributed by atoms with Crippen LogP contribution in [0.2, 0.25) is 0 Å². The first-order valence-corrected chi connectivity index (χ1v) is 15.3. The van der Waals surface area contributed by atoms with Gasteiger partial charge in [0.1, 0.15) is 6.10 Å². The number of amides is 1. The number of aromatic nitrogens is 1. The van der Waals surface area contributed by atoms with Crippen LogP contribution in [0, 0.1) is 5.92 Å². The van der Waals surface area contributed by atoms with E-state index < -0.39 is 28.3 Å². The molecule has 3 aromatic rings. The highest BCUT2D eigenvalue weighted by atomic mass is 32.2. The lowest BCUT2D eigenvalue weighted by Crippen LogP contribution is -2.51. The van der Waals surface area contributed by atoms with Gasteiger partial charge in [0.25, 0.3) is 0 Å². The van der Waals surface area contributed by atoms with Crippen LogP contribution >= 0.6 is 11.3 Å². The van der Waals surface area contributed by atoms with Crippen LogP contribution in [0.25, 0.3) is 10.2 Å². The predicted molar refractivity (Wildman–Crippen MR) is 152 cm³/mol. The topological polar surface area (TPSA) is 130 Å². The monoisotopic (exact) mass is 576 g/mol. The second-order valence-electron chi connectivity index (χ2n) is 10.0. The van der Waals surface area contributed by atoms with Crippen molar-refractivity contribution in [2.45, 2.75) is 49.8 Å². The Labute approximate surface area is 233 Å². The lowest BCUT2D eigenvalue weighted by atomic mass is 10.0. The lowest BCUT2D eigenvalue weighted by molar-refractivity contribution is 0.0644. The molecular weight excluding hydrogens is 540 g/mol. The number of hydrogen-bond acceptors (Lipinski definition) is 9. The van der Waals surface area contributed by atoms with Gasteiger partial charge in [-0.2, -0.15) is 4.31 Å². The quantitative estimate of drug-likeness (QED) is 0.299. The number of anilines is 1. The van der Waals surface area contributed by atoms with Crippen LogP contribution in [-0.4, -0.2) is 80.5 Å². The first kappa shape index (κ1) is 29.2. The Bertz CT molecular complexity index is 1340. The molecule has 2 aromatic carbocycles. The molecule has 1 amide bonds. The molecule has 1 aromatic heterocycles. The molecule has 1 aliphatic heterocycles. The molecule has 1 aliphatic rings. The fraction of sp³-hybridized carbons (Fsp3) is 0.481. The molecule has 0 spiro atoms. The Morgan fingerprint density at radius 3 is 2.67 bits per heavy atom. The number of sulfonamides is 1. The standard InChI is InChI=1S/C27H36N4O6S2/c1-18(2)15-31(39(34,35)21-9-10-22-25(14-21)38-26(28-3)29-22)16-24(32)23(13-19-7-5-4-6-8-19)30-27(33)37-20-11-12-36-17-20/h4-10,14,18,20,23-24,32H,11-13,15-17H2,1-3H3,(H,28,29)(H,30,33). The number of alkyl carbamates (subject to hydrolysis) is 1. The number of ether oxygens (including phenoxy) is 2. The number of rotatable bonds is 12. The molecule has 2 heterocycles. The highest BCUT2D eigenvalue weighted by Crippen LogP contribution is 2.29. The van der Waals surface area contributed by atoms with Gasteiger partial charge in [0, 0.05) is 26.6 Å². The Hall–Kier alpha value is -2.77. The molecule has 4 rings (SSSR count). The molecule has 39 heavy (non-hydrogen) atoms. The van der Waals surface area contributed by atoms with Crippen molar-refractivity contribution in [2.24, 2.45) is 5.92 Å². The average Bonchev–Trinajstić information content (AvgIpc) is 3.57. The zero-order valence-electron chi connectivity index (χ0n) is 22.4. The average molecular weight is 577 g/mol. The molecule has 0 radical (unpaired) electrons. The number of nitrogens with zero attached hydrogens (tertiary/aromatic N) is 2. The summed E-state index contributed by atoms with van der Waals surface area (Å²) in [5, 5.41) is 17.8. The van der Waals surface area contributed by atoms with Crippen LogP contribution in [0.5, 0.6) is 0 Å². The van der Waals surface area contributed by atoms with Crippen molar-refractivity contribution in [3.05, 3.63) is 54.1 Å². The normalized spacial score (nSPS) is 17.4. The minimum atomic E-state index is -3.96. The van der Waals surface area contributed by atoms with Crippen molar-refractivity contribution < 1.29 is 27.8 Å². The summed E-state index contributed by atoms with van der Waals surface area (Å²) in [4.78, 5) is 17.2.